The van der Waals surface area contributed by atoms with Crippen molar-refractivity contribution in [3.63, 3.8) is 0 Å². The van der Waals surface area contributed by atoms with E-state index in [2.05, 4.69) is 17.1 Å². The second kappa shape index (κ2) is 8.72. The number of hydrogen-bond acceptors (Lipinski definition) is 4. The normalized spacial score (nSPS) is 10.2. The number of halogens is 1. The lowest BCUT2D eigenvalue weighted by atomic mass is 10.1. The molecular formula is C18H18ClN3OS. The molecule has 0 radical (unpaired) electrons. The van der Waals surface area contributed by atoms with Gasteiger partial charge >= 0.3 is 0 Å². The van der Waals surface area contributed by atoms with Crippen LogP contribution in [-0.2, 0) is 4.79 Å². The molecule has 124 valence electrons. The van der Waals surface area contributed by atoms with Crippen LogP contribution in [0.15, 0.2) is 41.6 Å². The maximum Gasteiger partial charge on any atom is 0.237 e. The van der Waals surface area contributed by atoms with Crippen molar-refractivity contribution in [1.29, 1.82) is 5.26 Å². The smallest absolute Gasteiger partial charge is 0.237 e. The maximum absolute atomic E-state index is 12.7. The van der Waals surface area contributed by atoms with E-state index in [9.17, 15) is 4.79 Å². The summed E-state index contributed by atoms with van der Waals surface area (Å²) in [7, 11) is 0. The highest BCUT2D eigenvalue weighted by molar-refractivity contribution is 8.00. The van der Waals surface area contributed by atoms with Crippen LogP contribution < -0.4 is 4.90 Å². The Morgan fingerprint density at radius 1 is 1.33 bits per heavy atom. The summed E-state index contributed by atoms with van der Waals surface area (Å²) in [5, 5.41) is 10.0. The number of aryl methyl sites for hydroxylation is 2. The van der Waals surface area contributed by atoms with E-state index in [4.69, 9.17) is 16.9 Å². The first-order chi connectivity index (χ1) is 11.5. The fraction of sp³-hybridized carbons (Fsp3) is 0.278. The van der Waals surface area contributed by atoms with Gasteiger partial charge < -0.3 is 4.90 Å². The predicted molar refractivity (Wildman–Crippen MR) is 98.5 cm³/mol. The molecule has 1 heterocycles. The number of nitriles is 1. The van der Waals surface area contributed by atoms with Gasteiger partial charge in [-0.2, -0.15) is 5.26 Å². The van der Waals surface area contributed by atoms with Gasteiger partial charge in [0.2, 0.25) is 5.91 Å². The van der Waals surface area contributed by atoms with E-state index in [1.165, 1.54) is 11.8 Å². The second-order valence-corrected chi connectivity index (χ2v) is 6.75. The summed E-state index contributed by atoms with van der Waals surface area (Å²) in [6.07, 6.45) is 1.93. The van der Waals surface area contributed by atoms with Crippen LogP contribution in [0.2, 0.25) is 5.02 Å². The number of hydrogen-bond donors (Lipinski definition) is 0. The number of carbonyl (C=O) groups is 1. The quantitative estimate of drug-likeness (QED) is 0.717. The Hall–Kier alpha value is -2.03. The molecule has 2 aromatic rings. The number of rotatable bonds is 6. The number of thioether (sulfide) groups is 1. The molecule has 2 rings (SSSR count). The summed E-state index contributed by atoms with van der Waals surface area (Å²) in [4.78, 5) is 18.5. The van der Waals surface area contributed by atoms with Gasteiger partial charge in [-0.1, -0.05) is 29.4 Å². The van der Waals surface area contributed by atoms with Crippen LogP contribution in [0.3, 0.4) is 0 Å². The average molecular weight is 360 g/mol. The summed E-state index contributed by atoms with van der Waals surface area (Å²) in [6.45, 7) is 4.35. The molecule has 6 heteroatoms. The minimum absolute atomic E-state index is 0.0676. The van der Waals surface area contributed by atoms with Crippen LogP contribution >= 0.6 is 23.4 Å². The van der Waals surface area contributed by atoms with Crippen molar-refractivity contribution in [2.45, 2.75) is 25.3 Å². The molecule has 0 atom stereocenters. The van der Waals surface area contributed by atoms with Gasteiger partial charge in [0.1, 0.15) is 5.03 Å². The van der Waals surface area contributed by atoms with E-state index in [1.54, 1.807) is 23.2 Å². The molecule has 24 heavy (non-hydrogen) atoms. The molecule has 0 bridgehead atoms. The van der Waals surface area contributed by atoms with Crippen LogP contribution in [0, 0.1) is 25.2 Å². The molecular weight excluding hydrogens is 342 g/mol. The number of benzene rings is 1. The van der Waals surface area contributed by atoms with Crippen molar-refractivity contribution in [3.05, 3.63) is 52.7 Å². The van der Waals surface area contributed by atoms with Crippen molar-refractivity contribution in [3.8, 4) is 6.07 Å². The zero-order chi connectivity index (χ0) is 17.5. The van der Waals surface area contributed by atoms with E-state index in [1.807, 2.05) is 26.0 Å². The topological polar surface area (TPSA) is 57.0 Å². The molecule has 0 fully saturated rings. The highest BCUT2D eigenvalue weighted by Gasteiger charge is 2.17. The Morgan fingerprint density at radius 2 is 2.04 bits per heavy atom. The molecule has 0 aliphatic carbocycles. The molecule has 1 amide bonds. The van der Waals surface area contributed by atoms with Crippen LogP contribution in [0.5, 0.6) is 0 Å². The minimum atomic E-state index is -0.0676. The van der Waals surface area contributed by atoms with Crippen molar-refractivity contribution in [2.24, 2.45) is 0 Å². The summed E-state index contributed by atoms with van der Waals surface area (Å²) in [5.74, 6) is 0.150. The monoisotopic (exact) mass is 359 g/mol. The van der Waals surface area contributed by atoms with E-state index < -0.39 is 0 Å². The van der Waals surface area contributed by atoms with Gasteiger partial charge in [0, 0.05) is 18.4 Å². The third-order valence-corrected chi connectivity index (χ3v) is 4.73. The van der Waals surface area contributed by atoms with Gasteiger partial charge in [0.05, 0.1) is 23.3 Å². The van der Waals surface area contributed by atoms with Gasteiger partial charge in [-0.05, 0) is 49.2 Å². The number of anilines is 1. The second-order valence-electron chi connectivity index (χ2n) is 5.38. The van der Waals surface area contributed by atoms with E-state index in [-0.39, 0.29) is 18.1 Å². The molecule has 4 nitrogen and oxygen atoms in total. The van der Waals surface area contributed by atoms with Gasteiger partial charge in [0.25, 0.3) is 0 Å². The number of carbonyl (C=O) groups excluding carboxylic acids is 1. The Balaban J connectivity index is 2.16. The summed E-state index contributed by atoms with van der Waals surface area (Å²) in [6, 6.07) is 11.6. The Bertz CT molecular complexity index is 753. The lowest BCUT2D eigenvalue weighted by Crippen LogP contribution is -2.33. The van der Waals surface area contributed by atoms with Gasteiger partial charge in [-0.25, -0.2) is 4.98 Å². The third-order valence-electron chi connectivity index (χ3n) is 3.32. The number of amides is 1. The highest BCUT2D eigenvalue weighted by atomic mass is 35.5. The van der Waals surface area contributed by atoms with Crippen molar-refractivity contribution in [1.82, 2.24) is 4.98 Å². The summed E-state index contributed by atoms with van der Waals surface area (Å²) >= 11 is 7.38. The van der Waals surface area contributed by atoms with Gasteiger partial charge in [-0.3, -0.25) is 4.79 Å². The molecule has 0 saturated carbocycles. The zero-order valence-electron chi connectivity index (χ0n) is 13.6. The fourth-order valence-corrected chi connectivity index (χ4v) is 3.39. The first kappa shape index (κ1) is 18.3. The Labute approximate surface area is 151 Å². The third kappa shape index (κ3) is 4.98. The van der Waals surface area contributed by atoms with E-state index >= 15 is 0 Å². The van der Waals surface area contributed by atoms with Crippen LogP contribution in [0.1, 0.15) is 17.5 Å². The molecule has 0 N–H and O–H groups in total. The van der Waals surface area contributed by atoms with Crippen LogP contribution in [-0.4, -0.2) is 23.2 Å². The fourth-order valence-electron chi connectivity index (χ4n) is 2.35. The molecule has 1 aromatic heterocycles. The number of pyridine rings is 1. The number of aromatic nitrogens is 1. The summed E-state index contributed by atoms with van der Waals surface area (Å²) in [5.41, 5.74) is 2.99. The van der Waals surface area contributed by atoms with E-state index in [0.717, 1.165) is 16.8 Å². The molecule has 0 unspecified atom stereocenters. The Kier molecular flexibility index (Phi) is 6.65. The lowest BCUT2D eigenvalue weighted by Gasteiger charge is -2.22. The molecule has 0 aliphatic heterocycles. The van der Waals surface area contributed by atoms with Gasteiger partial charge in [0.15, 0.2) is 0 Å². The molecule has 0 aliphatic rings. The Morgan fingerprint density at radius 3 is 2.67 bits per heavy atom. The molecule has 0 spiro atoms. The van der Waals surface area contributed by atoms with Crippen molar-refractivity contribution < 1.29 is 4.79 Å². The van der Waals surface area contributed by atoms with Crippen LogP contribution in [0.25, 0.3) is 0 Å². The largest absolute Gasteiger partial charge is 0.311 e. The van der Waals surface area contributed by atoms with Crippen molar-refractivity contribution in [2.75, 3.05) is 17.2 Å². The minimum Gasteiger partial charge on any atom is -0.311 e. The maximum atomic E-state index is 12.7. The molecule has 1 aromatic carbocycles. The summed E-state index contributed by atoms with van der Waals surface area (Å²) < 4.78 is 0. The zero-order valence-corrected chi connectivity index (χ0v) is 15.2. The van der Waals surface area contributed by atoms with E-state index in [0.29, 0.717) is 16.6 Å². The van der Waals surface area contributed by atoms with Crippen LogP contribution in [0.4, 0.5) is 5.69 Å². The van der Waals surface area contributed by atoms with Gasteiger partial charge in [-0.15, -0.1) is 0 Å². The highest BCUT2D eigenvalue weighted by Crippen LogP contribution is 2.26. The average Bonchev–Trinajstić information content (AvgIpc) is 2.53. The first-order valence-corrected chi connectivity index (χ1v) is 8.86. The number of nitrogens with zero attached hydrogens (tertiary/aromatic N) is 3. The van der Waals surface area contributed by atoms with Crippen molar-refractivity contribution >= 4 is 35.0 Å². The predicted octanol–water partition coefficient (Wildman–Crippen LogP) is 4.39. The standard InChI is InChI=1S/C18H18ClN3OS/c1-13-9-14(2)11-15(10-13)22(8-4-6-20)17(23)12-24-18-16(19)5-3-7-21-18/h3,5,7,9-11H,4,8,12H2,1-2H3. The SMILES string of the molecule is Cc1cc(C)cc(N(CCC#N)C(=O)CSc2ncccc2Cl)c1. The first-order valence-electron chi connectivity index (χ1n) is 7.50. The lowest BCUT2D eigenvalue weighted by molar-refractivity contribution is -0.116. The molecule has 0 saturated heterocycles.